The first-order valence-electron chi connectivity index (χ1n) is 5.94. The largest absolute Gasteiger partial charge is 0.486 e. The van der Waals surface area contributed by atoms with Crippen molar-refractivity contribution in [3.05, 3.63) is 23.8 Å². The summed E-state index contributed by atoms with van der Waals surface area (Å²) in [6.45, 7) is 4.13. The Morgan fingerprint density at radius 1 is 1.44 bits per heavy atom. The molecule has 0 radical (unpaired) electrons. The van der Waals surface area contributed by atoms with Crippen molar-refractivity contribution in [2.24, 2.45) is 0 Å². The molecule has 100 valence electrons. The third-order valence-electron chi connectivity index (χ3n) is 2.32. The predicted octanol–water partition coefficient (Wildman–Crippen LogP) is 1.47. The lowest BCUT2D eigenvalue weighted by atomic mass is 10.1. The van der Waals surface area contributed by atoms with Gasteiger partial charge in [0.1, 0.15) is 6.61 Å². The van der Waals surface area contributed by atoms with Crippen LogP contribution in [0.25, 0.3) is 0 Å². The zero-order valence-electron chi connectivity index (χ0n) is 10.5. The minimum Gasteiger partial charge on any atom is -0.486 e. The number of aliphatic hydroxyl groups excluding tert-OH is 1. The summed E-state index contributed by atoms with van der Waals surface area (Å²) in [5.41, 5.74) is 0.558. The summed E-state index contributed by atoms with van der Waals surface area (Å²) in [4.78, 5) is 10.7. The van der Waals surface area contributed by atoms with E-state index in [-0.39, 0.29) is 19.6 Å². The van der Waals surface area contributed by atoms with Gasteiger partial charge in [-0.2, -0.15) is 0 Å². The number of carbonyl (C=O) groups is 1. The molecule has 1 aliphatic rings. The van der Waals surface area contributed by atoms with Gasteiger partial charge in [0.05, 0.1) is 13.0 Å². The topological polar surface area (TPSA) is 76.0 Å². The number of carboxylic acids is 1. The van der Waals surface area contributed by atoms with Gasteiger partial charge in [-0.25, -0.2) is 0 Å². The highest BCUT2D eigenvalue weighted by molar-refractivity contribution is 5.72. The van der Waals surface area contributed by atoms with E-state index in [0.29, 0.717) is 17.1 Å². The fraction of sp³-hybridized carbons (Fsp3) is 0.462. The molecule has 1 atom stereocenters. The standard InChI is InChI=1S/C11H12O5.C2H6/c12-5-8-6-15-9-3-1-2-7(4-10(13)14)11(9)16-8;1-2/h1-3,8,12H,4-6H2,(H,13,14);1-2H3. The van der Waals surface area contributed by atoms with Crippen molar-refractivity contribution < 1.29 is 24.5 Å². The summed E-state index contributed by atoms with van der Waals surface area (Å²) in [6.07, 6.45) is -0.549. The van der Waals surface area contributed by atoms with E-state index in [9.17, 15) is 4.79 Å². The number of fused-ring (bicyclic) bond motifs is 1. The van der Waals surface area contributed by atoms with E-state index < -0.39 is 12.1 Å². The molecule has 1 unspecified atom stereocenters. The van der Waals surface area contributed by atoms with E-state index in [2.05, 4.69) is 0 Å². The molecular weight excluding hydrogens is 236 g/mol. The van der Waals surface area contributed by atoms with Gasteiger partial charge in [0.25, 0.3) is 0 Å². The third kappa shape index (κ3) is 3.37. The van der Waals surface area contributed by atoms with Crippen molar-refractivity contribution >= 4 is 5.97 Å². The minimum absolute atomic E-state index is 0.120. The van der Waals surface area contributed by atoms with Gasteiger partial charge in [-0.3, -0.25) is 4.79 Å². The zero-order valence-corrected chi connectivity index (χ0v) is 10.5. The Kier molecular flexibility index (Phi) is 5.45. The first kappa shape index (κ1) is 14.3. The molecule has 18 heavy (non-hydrogen) atoms. The highest BCUT2D eigenvalue weighted by Gasteiger charge is 2.23. The maximum atomic E-state index is 10.7. The van der Waals surface area contributed by atoms with Crippen LogP contribution in [0.1, 0.15) is 19.4 Å². The van der Waals surface area contributed by atoms with Gasteiger partial charge in [0.2, 0.25) is 0 Å². The summed E-state index contributed by atoms with van der Waals surface area (Å²) in [5.74, 6) is 0.0294. The Bertz CT molecular complexity index is 402. The molecule has 0 spiro atoms. The van der Waals surface area contributed by atoms with Crippen LogP contribution in [0.3, 0.4) is 0 Å². The number of aliphatic hydroxyl groups is 1. The normalized spacial score (nSPS) is 16.5. The molecule has 5 heteroatoms. The van der Waals surface area contributed by atoms with Crippen molar-refractivity contribution in [2.75, 3.05) is 13.2 Å². The fourth-order valence-electron chi connectivity index (χ4n) is 1.58. The average molecular weight is 254 g/mol. The van der Waals surface area contributed by atoms with Crippen molar-refractivity contribution in [3.8, 4) is 11.5 Å². The van der Waals surface area contributed by atoms with Crippen LogP contribution in [0.4, 0.5) is 0 Å². The number of benzene rings is 1. The van der Waals surface area contributed by atoms with E-state index in [1.54, 1.807) is 18.2 Å². The lowest BCUT2D eigenvalue weighted by Gasteiger charge is -2.26. The molecule has 0 amide bonds. The number of aliphatic carboxylic acids is 1. The molecule has 0 bridgehead atoms. The summed E-state index contributed by atoms with van der Waals surface area (Å²) in [5, 5.41) is 17.7. The molecule has 1 aromatic carbocycles. The molecule has 1 aliphatic heterocycles. The predicted molar refractivity (Wildman–Crippen MR) is 66.1 cm³/mol. The quantitative estimate of drug-likeness (QED) is 0.854. The van der Waals surface area contributed by atoms with Gasteiger partial charge in [-0.15, -0.1) is 0 Å². The van der Waals surface area contributed by atoms with Gasteiger partial charge >= 0.3 is 5.97 Å². The van der Waals surface area contributed by atoms with Crippen molar-refractivity contribution in [2.45, 2.75) is 26.4 Å². The third-order valence-corrected chi connectivity index (χ3v) is 2.32. The van der Waals surface area contributed by atoms with Crippen LogP contribution in [-0.4, -0.2) is 35.5 Å². The Balaban J connectivity index is 0.000000771. The lowest BCUT2D eigenvalue weighted by Crippen LogP contribution is -2.32. The van der Waals surface area contributed by atoms with Crippen LogP contribution in [0, 0.1) is 0 Å². The highest BCUT2D eigenvalue weighted by atomic mass is 16.6. The van der Waals surface area contributed by atoms with Crippen LogP contribution >= 0.6 is 0 Å². The SMILES string of the molecule is CC.O=C(O)Cc1cccc2c1OC(CO)CO2. The van der Waals surface area contributed by atoms with E-state index in [0.717, 1.165) is 0 Å². The molecule has 0 fully saturated rings. The monoisotopic (exact) mass is 254 g/mol. The Labute approximate surface area is 106 Å². The van der Waals surface area contributed by atoms with Crippen LogP contribution in [-0.2, 0) is 11.2 Å². The second-order valence-electron chi connectivity index (χ2n) is 3.55. The van der Waals surface area contributed by atoms with Crippen LogP contribution in [0.5, 0.6) is 11.5 Å². The molecule has 2 rings (SSSR count). The highest BCUT2D eigenvalue weighted by Crippen LogP contribution is 2.35. The number of para-hydroxylation sites is 1. The zero-order chi connectivity index (χ0) is 13.5. The maximum Gasteiger partial charge on any atom is 0.307 e. The smallest absolute Gasteiger partial charge is 0.307 e. The Morgan fingerprint density at radius 3 is 2.78 bits per heavy atom. The van der Waals surface area contributed by atoms with Crippen molar-refractivity contribution in [3.63, 3.8) is 0 Å². The summed E-state index contributed by atoms with van der Waals surface area (Å²) < 4.78 is 10.8. The molecule has 1 aromatic rings. The second-order valence-corrected chi connectivity index (χ2v) is 3.55. The van der Waals surface area contributed by atoms with Crippen molar-refractivity contribution in [1.82, 2.24) is 0 Å². The Hall–Kier alpha value is -1.75. The number of ether oxygens (including phenoxy) is 2. The molecule has 0 aromatic heterocycles. The number of carboxylic acid groups (broad SMARTS) is 1. The van der Waals surface area contributed by atoms with Gasteiger partial charge in [-0.05, 0) is 6.07 Å². The number of hydrogen-bond donors (Lipinski definition) is 2. The molecule has 2 N–H and O–H groups in total. The molecular formula is C13H18O5. The van der Waals surface area contributed by atoms with Gasteiger partial charge in [0.15, 0.2) is 17.6 Å². The lowest BCUT2D eigenvalue weighted by molar-refractivity contribution is -0.136. The van der Waals surface area contributed by atoms with Gasteiger partial charge in [-0.1, -0.05) is 26.0 Å². The van der Waals surface area contributed by atoms with E-state index in [1.165, 1.54) is 0 Å². The molecule has 5 nitrogen and oxygen atoms in total. The van der Waals surface area contributed by atoms with Crippen LogP contribution in [0.2, 0.25) is 0 Å². The summed E-state index contributed by atoms with van der Waals surface area (Å²) in [6, 6.07) is 5.12. The Morgan fingerprint density at radius 2 is 2.17 bits per heavy atom. The van der Waals surface area contributed by atoms with E-state index in [1.807, 2.05) is 13.8 Å². The number of rotatable bonds is 3. The van der Waals surface area contributed by atoms with Crippen LogP contribution < -0.4 is 9.47 Å². The number of hydrogen-bond acceptors (Lipinski definition) is 4. The fourth-order valence-corrected chi connectivity index (χ4v) is 1.58. The second kappa shape index (κ2) is 6.86. The summed E-state index contributed by atoms with van der Waals surface area (Å²) >= 11 is 0. The van der Waals surface area contributed by atoms with E-state index in [4.69, 9.17) is 19.7 Å². The molecule has 0 saturated carbocycles. The first-order valence-corrected chi connectivity index (χ1v) is 5.94. The van der Waals surface area contributed by atoms with Gasteiger partial charge < -0.3 is 19.7 Å². The maximum absolute atomic E-state index is 10.7. The molecule has 0 aliphatic carbocycles. The molecule has 1 heterocycles. The van der Waals surface area contributed by atoms with Crippen LogP contribution in [0.15, 0.2) is 18.2 Å². The average Bonchev–Trinajstić information content (AvgIpc) is 2.40. The minimum atomic E-state index is -0.928. The molecule has 0 saturated heterocycles. The van der Waals surface area contributed by atoms with E-state index >= 15 is 0 Å². The van der Waals surface area contributed by atoms with Crippen molar-refractivity contribution in [1.29, 1.82) is 0 Å². The summed E-state index contributed by atoms with van der Waals surface area (Å²) in [7, 11) is 0. The first-order chi connectivity index (χ1) is 8.70. The van der Waals surface area contributed by atoms with Gasteiger partial charge in [0, 0.05) is 5.56 Å².